The molecule has 0 bridgehead atoms. The third-order valence-corrected chi connectivity index (χ3v) is 9.36. The highest BCUT2D eigenvalue weighted by Crippen LogP contribution is 2.40. The van der Waals surface area contributed by atoms with Crippen LogP contribution in [0.15, 0.2) is 39.5 Å². The third kappa shape index (κ3) is 7.34. The fraction of sp³-hybridized carbons (Fsp3) is 0.545. The molecule has 20 nitrogen and oxygen atoms in total. The number of aromatic hydroxyl groups is 4. The molecule has 3 saturated heterocycles. The molecule has 0 saturated carbocycles. The van der Waals surface area contributed by atoms with E-state index in [2.05, 4.69) is 0 Å². The smallest absolute Gasteiger partial charge is 0.239 e. The van der Waals surface area contributed by atoms with Crippen molar-refractivity contribution in [2.45, 2.75) is 106 Å². The molecule has 2 aromatic carbocycles. The van der Waals surface area contributed by atoms with Gasteiger partial charge in [0, 0.05) is 17.7 Å². The van der Waals surface area contributed by atoms with Gasteiger partial charge in [-0.1, -0.05) is 0 Å². The molecule has 0 aliphatic carbocycles. The van der Waals surface area contributed by atoms with Gasteiger partial charge >= 0.3 is 0 Å². The molecule has 3 fully saturated rings. The quantitative estimate of drug-likeness (QED) is 0.103. The van der Waals surface area contributed by atoms with E-state index in [1.807, 2.05) is 0 Å². The van der Waals surface area contributed by atoms with E-state index in [1.165, 1.54) is 19.9 Å². The van der Waals surface area contributed by atoms with Gasteiger partial charge in [-0.3, -0.25) is 4.79 Å². The zero-order valence-electron chi connectivity index (χ0n) is 27.9. The number of ether oxygens (including phenoxy) is 6. The predicted octanol–water partition coefficient (Wildman–Crippen LogP) is -2.84. The molecule has 0 amide bonds. The Morgan fingerprint density at radius 3 is 1.98 bits per heavy atom. The van der Waals surface area contributed by atoms with Gasteiger partial charge in [-0.15, -0.1) is 0 Å². The molecule has 53 heavy (non-hydrogen) atoms. The minimum atomic E-state index is -2.03. The van der Waals surface area contributed by atoms with E-state index in [1.54, 1.807) is 0 Å². The van der Waals surface area contributed by atoms with Crippen LogP contribution in [-0.4, -0.2) is 160 Å². The molecule has 15 atom stereocenters. The van der Waals surface area contributed by atoms with Gasteiger partial charge in [0.2, 0.25) is 17.5 Å². The highest BCUT2D eigenvalue weighted by atomic mass is 16.7. The van der Waals surface area contributed by atoms with Gasteiger partial charge in [-0.2, -0.15) is 0 Å². The molecule has 0 radical (unpaired) electrons. The normalized spacial score (nSPS) is 37.8. The van der Waals surface area contributed by atoms with Gasteiger partial charge in [0.1, 0.15) is 83.5 Å². The fourth-order valence-corrected chi connectivity index (χ4v) is 6.26. The highest BCUT2D eigenvalue weighted by molar-refractivity contribution is 5.88. The Balaban J connectivity index is 1.23. The number of phenolic OH excluding ortho intramolecular Hbond substituents is 4. The lowest BCUT2D eigenvalue weighted by Crippen LogP contribution is -2.64. The Morgan fingerprint density at radius 2 is 1.28 bits per heavy atom. The van der Waals surface area contributed by atoms with Crippen molar-refractivity contribution in [3.05, 3.63) is 40.6 Å². The number of phenols is 4. The monoisotopic (exact) mass is 756 g/mol. The maximum Gasteiger partial charge on any atom is 0.239 e. The molecule has 3 aliphatic rings. The Kier molecular flexibility index (Phi) is 11.1. The van der Waals surface area contributed by atoms with Crippen molar-refractivity contribution in [3.63, 3.8) is 0 Å². The lowest BCUT2D eigenvalue weighted by atomic mass is 9.97. The molecule has 20 heteroatoms. The second kappa shape index (κ2) is 15.1. The van der Waals surface area contributed by atoms with E-state index >= 15 is 0 Å². The van der Waals surface area contributed by atoms with Gasteiger partial charge in [-0.25, -0.2) is 0 Å². The number of hydrogen-bond donors (Lipinski definition) is 12. The van der Waals surface area contributed by atoms with E-state index in [9.17, 15) is 66.1 Å². The summed E-state index contributed by atoms with van der Waals surface area (Å²) >= 11 is 0. The summed E-state index contributed by atoms with van der Waals surface area (Å²) in [6.45, 7) is 2.11. The summed E-state index contributed by atoms with van der Waals surface area (Å²) < 4.78 is 39.5. The zero-order chi connectivity index (χ0) is 38.6. The summed E-state index contributed by atoms with van der Waals surface area (Å²) in [5.74, 6) is -3.51. The molecule has 0 spiro atoms. The molecule has 3 aliphatic heterocycles. The van der Waals surface area contributed by atoms with Crippen LogP contribution >= 0.6 is 0 Å². The first kappa shape index (κ1) is 38.8. The number of aliphatic hydroxyl groups excluding tert-OH is 8. The van der Waals surface area contributed by atoms with Crippen LogP contribution in [0.25, 0.3) is 22.3 Å². The third-order valence-electron chi connectivity index (χ3n) is 9.36. The van der Waals surface area contributed by atoms with Gasteiger partial charge in [-0.05, 0) is 32.0 Å². The summed E-state index contributed by atoms with van der Waals surface area (Å²) in [6.07, 6.45) is -24.5. The first-order valence-corrected chi connectivity index (χ1v) is 16.4. The van der Waals surface area contributed by atoms with Crippen LogP contribution in [0.3, 0.4) is 0 Å². The van der Waals surface area contributed by atoms with E-state index in [4.69, 9.17) is 32.8 Å². The number of fused-ring (bicyclic) bond motifs is 1. The summed E-state index contributed by atoms with van der Waals surface area (Å²) in [4.78, 5) is 13.7. The second-order valence-electron chi connectivity index (χ2n) is 13.1. The van der Waals surface area contributed by atoms with Crippen molar-refractivity contribution in [2.75, 3.05) is 6.61 Å². The van der Waals surface area contributed by atoms with Crippen molar-refractivity contribution in [2.24, 2.45) is 0 Å². The average molecular weight is 757 g/mol. The van der Waals surface area contributed by atoms with Gasteiger partial charge in [0.15, 0.2) is 29.8 Å². The molecular formula is C33H40O20. The molecule has 1 aromatic heterocycles. The van der Waals surface area contributed by atoms with E-state index in [0.29, 0.717) is 0 Å². The Hall–Kier alpha value is -3.87. The maximum atomic E-state index is 13.7. The molecule has 292 valence electrons. The lowest BCUT2D eigenvalue weighted by Gasteiger charge is -2.46. The summed E-state index contributed by atoms with van der Waals surface area (Å²) in [5.41, 5.74) is -1.45. The standard InChI is InChI=1S/C33H40O20/c1-9-19(38)23(42)25(44)32(49-9)52-29-20(39)10(2)48-31(27(29)46)47-8-17-21(40)24(43)26(45)33(51-17)53-30-22(41)18-15(37)6-12(34)7-16(18)50-28(30)11-3-4-13(35)14(36)5-11/h3-7,9-10,17,19-21,23-27,29,31-40,42-46H,8H2,1-2H3/t9-,10-,17?,19-,20-,21?,23+,24?,25+,26?,27+,29+,31+,32-,33?/m0/s1. The summed E-state index contributed by atoms with van der Waals surface area (Å²) in [7, 11) is 0. The first-order valence-electron chi connectivity index (χ1n) is 16.4. The van der Waals surface area contributed by atoms with E-state index < -0.39 is 144 Å². The molecule has 4 heterocycles. The summed E-state index contributed by atoms with van der Waals surface area (Å²) in [6, 6.07) is 5.15. The van der Waals surface area contributed by atoms with Crippen LogP contribution in [0.5, 0.6) is 28.7 Å². The van der Waals surface area contributed by atoms with E-state index in [0.717, 1.165) is 24.3 Å². The van der Waals surface area contributed by atoms with Crippen LogP contribution in [0.4, 0.5) is 0 Å². The molecule has 3 aromatic rings. The van der Waals surface area contributed by atoms with Crippen molar-refractivity contribution >= 4 is 11.0 Å². The molecular weight excluding hydrogens is 716 g/mol. The molecule has 5 unspecified atom stereocenters. The first-order chi connectivity index (χ1) is 25.0. The number of hydrogen-bond acceptors (Lipinski definition) is 20. The molecule has 6 rings (SSSR count). The van der Waals surface area contributed by atoms with Crippen LogP contribution < -0.4 is 10.2 Å². The van der Waals surface area contributed by atoms with Crippen LogP contribution in [-0.2, 0) is 23.7 Å². The Bertz CT molecular complexity index is 1830. The topological polar surface area (TPSA) is 328 Å². The minimum Gasteiger partial charge on any atom is -0.508 e. The highest BCUT2D eigenvalue weighted by Gasteiger charge is 2.51. The second-order valence-corrected chi connectivity index (χ2v) is 13.1. The maximum absolute atomic E-state index is 13.7. The Morgan fingerprint density at radius 1 is 0.642 bits per heavy atom. The zero-order valence-corrected chi connectivity index (χ0v) is 27.9. The van der Waals surface area contributed by atoms with Crippen molar-refractivity contribution < 1.29 is 94.1 Å². The SMILES string of the molecule is C[C@@H]1O[C@@H](O[C@@H]2[C@@H](O)[C@H](C)O[C@@H](OCC3OC(Oc4c(-c5ccc(O)c(O)c5)oc5cc(O)cc(O)c5c4=O)C(O)C(O)C3O)[C@@H]2O)[C@H](O)[C@H](O)[C@H]1O. The number of benzene rings is 2. The average Bonchev–Trinajstić information content (AvgIpc) is 3.11. The van der Waals surface area contributed by atoms with Crippen molar-refractivity contribution in [3.8, 4) is 40.1 Å². The minimum absolute atomic E-state index is 0.0642. The predicted molar refractivity (Wildman–Crippen MR) is 171 cm³/mol. The fourth-order valence-electron chi connectivity index (χ4n) is 6.26. The van der Waals surface area contributed by atoms with E-state index in [-0.39, 0.29) is 11.1 Å². The van der Waals surface area contributed by atoms with Gasteiger partial charge in [0.05, 0.1) is 18.8 Å². The van der Waals surface area contributed by atoms with Crippen LogP contribution in [0, 0.1) is 0 Å². The molecule has 12 N–H and O–H groups in total. The number of rotatable bonds is 8. The Labute approximate surface area is 298 Å². The summed E-state index contributed by atoms with van der Waals surface area (Å²) in [5, 5.41) is 125. The van der Waals surface area contributed by atoms with Crippen LogP contribution in [0.2, 0.25) is 0 Å². The van der Waals surface area contributed by atoms with Crippen molar-refractivity contribution in [1.82, 2.24) is 0 Å². The van der Waals surface area contributed by atoms with Gasteiger partial charge < -0.3 is 94.1 Å². The van der Waals surface area contributed by atoms with Crippen molar-refractivity contribution in [1.29, 1.82) is 0 Å². The van der Waals surface area contributed by atoms with Crippen LogP contribution in [0.1, 0.15) is 13.8 Å². The largest absolute Gasteiger partial charge is 0.508 e. The lowest BCUT2D eigenvalue weighted by molar-refractivity contribution is -0.358. The number of aliphatic hydroxyl groups is 8. The van der Waals surface area contributed by atoms with Gasteiger partial charge in [0.25, 0.3) is 0 Å².